The Morgan fingerprint density at radius 2 is 1.65 bits per heavy atom. The summed E-state index contributed by atoms with van der Waals surface area (Å²) in [6, 6.07) is 0. The van der Waals surface area contributed by atoms with Crippen molar-refractivity contribution in [1.82, 2.24) is 25.2 Å². The van der Waals surface area contributed by atoms with Gasteiger partial charge in [0.05, 0.1) is 0 Å². The van der Waals surface area contributed by atoms with Crippen LogP contribution in [0.4, 0.5) is 11.6 Å². The Morgan fingerprint density at radius 3 is 2.42 bits per heavy atom. The number of carbonyl (C=O) groups is 1. The fourth-order valence-electron chi connectivity index (χ4n) is 3.66. The second kappa shape index (κ2) is 7.84. The van der Waals surface area contributed by atoms with Gasteiger partial charge in [-0.15, -0.1) is 0 Å². The number of amides is 1. The predicted molar refractivity (Wildman–Crippen MR) is 97.0 cm³/mol. The number of anilines is 2. The zero-order chi connectivity index (χ0) is 17.8. The van der Waals surface area contributed by atoms with E-state index in [1.807, 2.05) is 4.90 Å². The minimum atomic E-state index is 0.244. The molecule has 0 radical (unpaired) electrons. The Bertz CT molecular complexity index is 755. The second-order valence-corrected chi connectivity index (χ2v) is 6.97. The Kier molecular flexibility index (Phi) is 5.12. The van der Waals surface area contributed by atoms with E-state index in [2.05, 4.69) is 30.5 Å². The number of likely N-dealkylation sites (tertiary alicyclic amines) is 1. The molecule has 2 aliphatic rings. The predicted octanol–water partition coefficient (Wildman–Crippen LogP) is 1.82. The highest BCUT2D eigenvalue weighted by Gasteiger charge is 2.21. The largest absolute Gasteiger partial charge is 0.365 e. The Morgan fingerprint density at radius 1 is 0.923 bits per heavy atom. The van der Waals surface area contributed by atoms with E-state index in [1.165, 1.54) is 12.8 Å². The number of aromatic nitrogens is 4. The first-order valence-electron chi connectivity index (χ1n) is 9.58. The molecule has 0 atom stereocenters. The molecule has 2 fully saturated rings. The Hall–Kier alpha value is -2.45. The lowest BCUT2D eigenvalue weighted by atomic mass is 10.1. The number of rotatable bonds is 5. The van der Waals surface area contributed by atoms with Gasteiger partial charge in [0, 0.05) is 39.1 Å². The maximum Gasteiger partial charge on any atom is 0.245 e. The number of piperidine rings is 1. The van der Waals surface area contributed by atoms with Gasteiger partial charge in [0.15, 0.2) is 11.6 Å². The first kappa shape index (κ1) is 17.0. The molecule has 0 spiro atoms. The molecule has 4 heterocycles. The summed E-state index contributed by atoms with van der Waals surface area (Å²) in [5.41, 5.74) is 0.834. The van der Waals surface area contributed by atoms with Crippen LogP contribution in [0.1, 0.15) is 44.9 Å². The highest BCUT2D eigenvalue weighted by molar-refractivity contribution is 5.77. The lowest BCUT2D eigenvalue weighted by Crippen LogP contribution is -2.38. The molecule has 0 bridgehead atoms. The fourth-order valence-corrected chi connectivity index (χ4v) is 3.66. The minimum absolute atomic E-state index is 0.244. The molecule has 2 saturated heterocycles. The first-order chi connectivity index (χ1) is 12.8. The van der Waals surface area contributed by atoms with Gasteiger partial charge in [-0.1, -0.05) is 12.8 Å². The lowest BCUT2D eigenvalue weighted by molar-refractivity contribution is -0.133. The third-order valence-corrected chi connectivity index (χ3v) is 5.10. The quantitative estimate of drug-likeness (QED) is 0.863. The molecule has 2 aliphatic heterocycles. The number of fused-ring (bicyclic) bond motifs is 1. The summed E-state index contributed by atoms with van der Waals surface area (Å²) < 4.78 is 4.78. The molecule has 26 heavy (non-hydrogen) atoms. The maximum absolute atomic E-state index is 12.0. The lowest BCUT2D eigenvalue weighted by Gasteiger charge is -2.27. The van der Waals surface area contributed by atoms with E-state index < -0.39 is 0 Å². The van der Waals surface area contributed by atoms with Gasteiger partial charge in [0.2, 0.25) is 17.2 Å². The van der Waals surface area contributed by atoms with Gasteiger partial charge >= 0.3 is 0 Å². The Balaban J connectivity index is 1.50. The number of carbonyl (C=O) groups excluding carboxylic acids is 1. The van der Waals surface area contributed by atoms with E-state index in [9.17, 15) is 4.79 Å². The zero-order valence-electron chi connectivity index (χ0n) is 15.0. The van der Waals surface area contributed by atoms with Crippen molar-refractivity contribution in [2.24, 2.45) is 0 Å². The Labute approximate surface area is 152 Å². The van der Waals surface area contributed by atoms with Gasteiger partial charge in [-0.2, -0.15) is 0 Å². The highest BCUT2D eigenvalue weighted by atomic mass is 16.6. The van der Waals surface area contributed by atoms with Crippen LogP contribution in [0.3, 0.4) is 0 Å². The molecule has 0 aromatic carbocycles. The number of nitrogens with one attached hydrogen (secondary N) is 1. The van der Waals surface area contributed by atoms with Crippen LogP contribution in [0.15, 0.2) is 4.63 Å². The molecule has 4 rings (SSSR count). The van der Waals surface area contributed by atoms with Gasteiger partial charge in [0.1, 0.15) is 0 Å². The summed E-state index contributed by atoms with van der Waals surface area (Å²) >= 11 is 0. The summed E-state index contributed by atoms with van der Waals surface area (Å²) in [5, 5.41) is 11.0. The van der Waals surface area contributed by atoms with Crippen LogP contribution in [0.2, 0.25) is 0 Å². The highest BCUT2D eigenvalue weighted by Crippen LogP contribution is 2.26. The molecule has 0 saturated carbocycles. The molecule has 0 unspecified atom stereocenters. The average molecular weight is 359 g/mol. The monoisotopic (exact) mass is 359 g/mol. The van der Waals surface area contributed by atoms with Crippen molar-refractivity contribution in [3.8, 4) is 0 Å². The van der Waals surface area contributed by atoms with Crippen molar-refractivity contribution >= 4 is 28.8 Å². The topological polar surface area (TPSA) is 100 Å². The molecular weight excluding hydrogens is 334 g/mol. The van der Waals surface area contributed by atoms with Crippen LogP contribution in [-0.2, 0) is 4.79 Å². The maximum atomic E-state index is 12.0. The summed E-state index contributed by atoms with van der Waals surface area (Å²) in [5.74, 6) is 1.74. The molecule has 0 aliphatic carbocycles. The van der Waals surface area contributed by atoms with Crippen molar-refractivity contribution in [2.75, 3.05) is 42.9 Å². The van der Waals surface area contributed by atoms with Crippen LogP contribution in [0.25, 0.3) is 11.3 Å². The minimum Gasteiger partial charge on any atom is -0.365 e. The van der Waals surface area contributed by atoms with E-state index in [0.717, 1.165) is 51.1 Å². The number of nitrogens with zero attached hydrogens (tertiary/aromatic N) is 6. The van der Waals surface area contributed by atoms with Gasteiger partial charge < -0.3 is 15.1 Å². The van der Waals surface area contributed by atoms with Gasteiger partial charge in [-0.3, -0.25) is 4.79 Å². The standard InChI is InChI=1S/C17H25N7O2/c25-13-7-3-6-9-23(13)12-8-18-16-17(24-10-4-1-2-5-11-24)20-15-14(19-16)21-26-22-15/h1-12H2,(H,18,19,21). The second-order valence-electron chi connectivity index (χ2n) is 6.97. The molecule has 9 nitrogen and oxygen atoms in total. The summed E-state index contributed by atoms with van der Waals surface area (Å²) in [6.45, 7) is 4.08. The van der Waals surface area contributed by atoms with E-state index in [0.29, 0.717) is 36.6 Å². The summed E-state index contributed by atoms with van der Waals surface area (Å²) in [6.07, 6.45) is 7.55. The fraction of sp³-hybridized carbons (Fsp3) is 0.706. The van der Waals surface area contributed by atoms with Crippen LogP contribution >= 0.6 is 0 Å². The van der Waals surface area contributed by atoms with Gasteiger partial charge in [-0.05, 0) is 36.0 Å². The van der Waals surface area contributed by atoms with Crippen LogP contribution in [-0.4, -0.2) is 63.8 Å². The van der Waals surface area contributed by atoms with E-state index in [1.54, 1.807) is 0 Å². The molecule has 9 heteroatoms. The van der Waals surface area contributed by atoms with Crippen molar-refractivity contribution in [3.63, 3.8) is 0 Å². The molecule has 2 aromatic heterocycles. The molecule has 1 N–H and O–H groups in total. The van der Waals surface area contributed by atoms with Crippen molar-refractivity contribution in [2.45, 2.75) is 44.9 Å². The van der Waals surface area contributed by atoms with E-state index in [-0.39, 0.29) is 5.91 Å². The molecule has 1 amide bonds. The smallest absolute Gasteiger partial charge is 0.245 e. The van der Waals surface area contributed by atoms with Crippen molar-refractivity contribution in [1.29, 1.82) is 0 Å². The number of hydrogen-bond donors (Lipinski definition) is 1. The normalized spacial score (nSPS) is 19.0. The van der Waals surface area contributed by atoms with Crippen molar-refractivity contribution in [3.05, 3.63) is 0 Å². The SMILES string of the molecule is O=C1CCCCN1CCNc1nc2nonc2nc1N1CCCCCC1. The van der Waals surface area contributed by atoms with Gasteiger partial charge in [-0.25, -0.2) is 14.6 Å². The number of hydrogen-bond acceptors (Lipinski definition) is 8. The molecular formula is C17H25N7O2. The summed E-state index contributed by atoms with van der Waals surface area (Å²) in [4.78, 5) is 25.3. The summed E-state index contributed by atoms with van der Waals surface area (Å²) in [7, 11) is 0. The third kappa shape index (κ3) is 3.71. The van der Waals surface area contributed by atoms with Gasteiger partial charge in [0.25, 0.3) is 0 Å². The van der Waals surface area contributed by atoms with E-state index in [4.69, 9.17) is 4.63 Å². The molecule has 140 valence electrons. The van der Waals surface area contributed by atoms with Crippen molar-refractivity contribution < 1.29 is 9.42 Å². The third-order valence-electron chi connectivity index (χ3n) is 5.10. The first-order valence-corrected chi connectivity index (χ1v) is 9.58. The van der Waals surface area contributed by atoms with Crippen LogP contribution < -0.4 is 10.2 Å². The van der Waals surface area contributed by atoms with E-state index >= 15 is 0 Å². The average Bonchev–Trinajstić information content (AvgIpc) is 2.94. The van der Waals surface area contributed by atoms with Crippen LogP contribution in [0, 0.1) is 0 Å². The zero-order valence-corrected chi connectivity index (χ0v) is 15.0. The van der Waals surface area contributed by atoms with Crippen LogP contribution in [0.5, 0.6) is 0 Å². The molecule has 2 aromatic rings.